The molecule has 1 saturated carbocycles. The molecule has 4 N–H and O–H groups in total. The SMILES string of the molecule is Cc1ccc([C@@H](NC[C@@H]2CNc3c(C(N)=O)cnn3C2)C2CC2)cc1. The molecule has 132 valence electrons. The molecule has 1 aromatic heterocycles. The largest absolute Gasteiger partial charge is 0.369 e. The molecule has 1 aliphatic carbocycles. The lowest BCUT2D eigenvalue weighted by atomic mass is 9.99. The highest BCUT2D eigenvalue weighted by atomic mass is 16.1. The third kappa shape index (κ3) is 3.39. The van der Waals surface area contributed by atoms with Crippen molar-refractivity contribution >= 4 is 11.7 Å². The molecule has 0 saturated heterocycles. The van der Waals surface area contributed by atoms with Crippen molar-refractivity contribution in [2.45, 2.75) is 32.4 Å². The smallest absolute Gasteiger partial charge is 0.254 e. The van der Waals surface area contributed by atoms with Gasteiger partial charge in [-0.05, 0) is 31.2 Å². The van der Waals surface area contributed by atoms with Crippen LogP contribution in [0.5, 0.6) is 0 Å². The number of nitrogens with zero attached hydrogens (tertiary/aromatic N) is 2. The summed E-state index contributed by atoms with van der Waals surface area (Å²) in [5.74, 6) is 1.50. The lowest BCUT2D eigenvalue weighted by Crippen LogP contribution is -2.37. The topological polar surface area (TPSA) is 85.0 Å². The van der Waals surface area contributed by atoms with E-state index in [0.29, 0.717) is 17.5 Å². The third-order valence-corrected chi connectivity index (χ3v) is 5.25. The van der Waals surface area contributed by atoms with Crippen molar-refractivity contribution in [2.75, 3.05) is 18.4 Å². The van der Waals surface area contributed by atoms with E-state index >= 15 is 0 Å². The van der Waals surface area contributed by atoms with Crippen molar-refractivity contribution in [3.05, 3.63) is 47.2 Å². The minimum absolute atomic E-state index is 0.430. The van der Waals surface area contributed by atoms with Crippen molar-refractivity contribution in [1.29, 1.82) is 0 Å². The zero-order valence-electron chi connectivity index (χ0n) is 14.5. The van der Waals surface area contributed by atoms with Crippen LogP contribution in [-0.4, -0.2) is 28.8 Å². The summed E-state index contributed by atoms with van der Waals surface area (Å²) in [6.45, 7) is 4.67. The molecule has 1 fully saturated rings. The van der Waals surface area contributed by atoms with Crippen LogP contribution in [0.25, 0.3) is 0 Å². The maximum absolute atomic E-state index is 11.4. The Morgan fingerprint density at radius 1 is 1.40 bits per heavy atom. The van der Waals surface area contributed by atoms with Crippen LogP contribution in [0.3, 0.4) is 0 Å². The van der Waals surface area contributed by atoms with E-state index in [9.17, 15) is 4.79 Å². The van der Waals surface area contributed by atoms with Crippen molar-refractivity contribution < 1.29 is 4.79 Å². The first-order valence-electron chi connectivity index (χ1n) is 9.01. The maximum Gasteiger partial charge on any atom is 0.254 e. The van der Waals surface area contributed by atoms with Gasteiger partial charge >= 0.3 is 0 Å². The van der Waals surface area contributed by atoms with Crippen molar-refractivity contribution in [3.8, 4) is 0 Å². The fourth-order valence-electron chi connectivity index (χ4n) is 3.63. The number of amides is 1. The summed E-state index contributed by atoms with van der Waals surface area (Å²) in [6.07, 6.45) is 4.17. The summed E-state index contributed by atoms with van der Waals surface area (Å²) >= 11 is 0. The first kappa shape index (κ1) is 16.1. The van der Waals surface area contributed by atoms with Gasteiger partial charge in [0.1, 0.15) is 11.4 Å². The normalized spacial score (nSPS) is 20.6. The number of hydrogen-bond donors (Lipinski definition) is 3. The molecule has 0 radical (unpaired) electrons. The Hall–Kier alpha value is -2.34. The molecular formula is C19H25N5O. The van der Waals surface area contributed by atoms with Crippen LogP contribution in [0.2, 0.25) is 0 Å². The molecule has 4 rings (SSSR count). The quantitative estimate of drug-likeness (QED) is 0.752. The minimum atomic E-state index is -0.432. The summed E-state index contributed by atoms with van der Waals surface area (Å²) in [5.41, 5.74) is 8.54. The number of aromatic nitrogens is 2. The number of carbonyl (C=O) groups is 1. The highest BCUT2D eigenvalue weighted by Crippen LogP contribution is 2.41. The van der Waals surface area contributed by atoms with E-state index in [0.717, 1.165) is 31.4 Å². The van der Waals surface area contributed by atoms with E-state index in [1.807, 2.05) is 4.68 Å². The van der Waals surface area contributed by atoms with E-state index in [-0.39, 0.29) is 0 Å². The number of rotatable bonds is 6. The van der Waals surface area contributed by atoms with Gasteiger partial charge in [0.25, 0.3) is 5.91 Å². The van der Waals surface area contributed by atoms with E-state index in [1.165, 1.54) is 24.0 Å². The number of benzene rings is 1. The van der Waals surface area contributed by atoms with Gasteiger partial charge < -0.3 is 16.4 Å². The van der Waals surface area contributed by atoms with Crippen LogP contribution in [-0.2, 0) is 6.54 Å². The zero-order chi connectivity index (χ0) is 17.4. The first-order chi connectivity index (χ1) is 12.1. The van der Waals surface area contributed by atoms with Gasteiger partial charge in [0, 0.05) is 31.6 Å². The number of nitrogens with two attached hydrogens (primary N) is 1. The summed E-state index contributed by atoms with van der Waals surface area (Å²) in [4.78, 5) is 11.4. The Bertz CT molecular complexity index is 763. The molecule has 2 atom stereocenters. The molecule has 0 unspecified atom stereocenters. The molecule has 0 spiro atoms. The molecule has 2 heterocycles. The molecule has 0 bridgehead atoms. The number of carbonyl (C=O) groups excluding carboxylic acids is 1. The monoisotopic (exact) mass is 339 g/mol. The Balaban J connectivity index is 1.40. The van der Waals surface area contributed by atoms with E-state index < -0.39 is 5.91 Å². The van der Waals surface area contributed by atoms with Crippen LogP contribution in [0.15, 0.2) is 30.5 Å². The predicted molar refractivity (Wildman–Crippen MR) is 97.4 cm³/mol. The molecule has 6 nitrogen and oxygen atoms in total. The van der Waals surface area contributed by atoms with Gasteiger partial charge in [-0.2, -0.15) is 5.10 Å². The first-order valence-corrected chi connectivity index (χ1v) is 9.01. The molecule has 2 aliphatic rings. The lowest BCUT2D eigenvalue weighted by molar-refractivity contribution is 0.100. The van der Waals surface area contributed by atoms with E-state index in [4.69, 9.17) is 5.73 Å². The molecule has 1 aliphatic heterocycles. The van der Waals surface area contributed by atoms with Gasteiger partial charge in [0.05, 0.1) is 6.20 Å². The van der Waals surface area contributed by atoms with E-state index in [2.05, 4.69) is 46.9 Å². The maximum atomic E-state index is 11.4. The van der Waals surface area contributed by atoms with Crippen molar-refractivity contribution in [1.82, 2.24) is 15.1 Å². The van der Waals surface area contributed by atoms with Crippen LogP contribution < -0.4 is 16.4 Å². The van der Waals surface area contributed by atoms with Gasteiger partial charge in [-0.15, -0.1) is 0 Å². The van der Waals surface area contributed by atoms with Gasteiger partial charge in [-0.3, -0.25) is 4.79 Å². The summed E-state index contributed by atoms with van der Waals surface area (Å²) in [6, 6.07) is 9.30. The van der Waals surface area contributed by atoms with Crippen LogP contribution >= 0.6 is 0 Å². The molecule has 1 aromatic carbocycles. The van der Waals surface area contributed by atoms with E-state index in [1.54, 1.807) is 6.20 Å². The fourth-order valence-corrected chi connectivity index (χ4v) is 3.63. The minimum Gasteiger partial charge on any atom is -0.369 e. The molecule has 2 aromatic rings. The number of aryl methyl sites for hydroxylation is 1. The van der Waals surface area contributed by atoms with Crippen LogP contribution in [0.4, 0.5) is 5.82 Å². The second kappa shape index (κ2) is 6.52. The van der Waals surface area contributed by atoms with Gasteiger partial charge in [0.2, 0.25) is 0 Å². The Morgan fingerprint density at radius 2 is 2.16 bits per heavy atom. The standard InChI is InChI=1S/C19H25N5O/c1-12-2-4-14(5-3-12)17(15-6-7-15)21-8-13-9-22-19-16(18(20)25)10-23-24(19)11-13/h2-5,10,13,15,17,21-22H,6-9,11H2,1H3,(H2,20,25)/t13-,17-/m1/s1. The Morgan fingerprint density at radius 3 is 2.84 bits per heavy atom. The third-order valence-electron chi connectivity index (χ3n) is 5.25. The summed E-state index contributed by atoms with van der Waals surface area (Å²) in [7, 11) is 0. The van der Waals surface area contributed by atoms with Crippen molar-refractivity contribution in [3.63, 3.8) is 0 Å². The highest BCUT2D eigenvalue weighted by Gasteiger charge is 2.33. The van der Waals surface area contributed by atoms with Gasteiger partial charge in [0.15, 0.2) is 0 Å². The molecule has 25 heavy (non-hydrogen) atoms. The average molecular weight is 339 g/mol. The number of anilines is 1. The molecular weight excluding hydrogens is 314 g/mol. The Kier molecular flexibility index (Phi) is 4.21. The fraction of sp³-hybridized carbons (Fsp3) is 0.474. The second-order valence-electron chi connectivity index (χ2n) is 7.33. The summed E-state index contributed by atoms with van der Waals surface area (Å²) in [5, 5.41) is 11.4. The number of nitrogens with one attached hydrogen (secondary N) is 2. The lowest BCUT2D eigenvalue weighted by Gasteiger charge is -2.28. The molecule has 6 heteroatoms. The average Bonchev–Trinajstić information content (AvgIpc) is 3.34. The Labute approximate surface area is 147 Å². The molecule has 1 amide bonds. The predicted octanol–water partition coefficient (Wildman–Crippen LogP) is 2.07. The number of hydrogen-bond acceptors (Lipinski definition) is 4. The number of fused-ring (bicyclic) bond motifs is 1. The van der Waals surface area contributed by atoms with Crippen LogP contribution in [0, 0.1) is 18.8 Å². The summed E-state index contributed by atoms with van der Waals surface area (Å²) < 4.78 is 1.86. The number of primary amides is 1. The van der Waals surface area contributed by atoms with Gasteiger partial charge in [-0.1, -0.05) is 29.8 Å². The van der Waals surface area contributed by atoms with Crippen molar-refractivity contribution in [2.24, 2.45) is 17.6 Å². The van der Waals surface area contributed by atoms with Crippen LogP contribution in [0.1, 0.15) is 40.4 Å². The van der Waals surface area contributed by atoms with Gasteiger partial charge in [-0.25, -0.2) is 4.68 Å². The zero-order valence-corrected chi connectivity index (χ0v) is 14.5. The highest BCUT2D eigenvalue weighted by molar-refractivity contribution is 5.97. The second-order valence-corrected chi connectivity index (χ2v) is 7.33.